The molecular formula is C16H25NO2. The molecule has 0 aromatic rings. The molecule has 19 heavy (non-hydrogen) atoms. The van der Waals surface area contributed by atoms with E-state index in [1.54, 1.807) is 0 Å². The van der Waals surface area contributed by atoms with Gasteiger partial charge in [0.25, 0.3) is 0 Å². The number of carbonyl (C=O) groups is 1. The fraction of sp³-hybridized carbons (Fsp3) is 0.938. The molecule has 0 aromatic heterocycles. The SMILES string of the molecule is C[C@@H]1C[C@@]23[C@@H]4CCCN2CCC[C@@H]3[C@H](C[C@H]4O)C1=O. The van der Waals surface area contributed by atoms with E-state index in [4.69, 9.17) is 0 Å². The molecule has 4 rings (SSSR count). The molecule has 2 aliphatic heterocycles. The van der Waals surface area contributed by atoms with Gasteiger partial charge in [-0.2, -0.15) is 0 Å². The van der Waals surface area contributed by atoms with Gasteiger partial charge in [-0.15, -0.1) is 0 Å². The Hall–Kier alpha value is -0.410. The highest BCUT2D eigenvalue weighted by Gasteiger charge is 2.64. The Morgan fingerprint density at radius 3 is 2.63 bits per heavy atom. The van der Waals surface area contributed by atoms with Crippen LogP contribution in [0.4, 0.5) is 0 Å². The lowest BCUT2D eigenvalue weighted by Gasteiger charge is -2.67. The highest BCUT2D eigenvalue weighted by atomic mass is 16.3. The molecule has 6 atom stereocenters. The number of rotatable bonds is 0. The Bertz CT molecular complexity index is 408. The van der Waals surface area contributed by atoms with Gasteiger partial charge in [0, 0.05) is 23.3 Å². The van der Waals surface area contributed by atoms with Crippen molar-refractivity contribution in [1.82, 2.24) is 4.90 Å². The third kappa shape index (κ3) is 1.43. The first-order valence-corrected chi connectivity index (χ1v) is 8.11. The number of carbonyl (C=O) groups excluding carboxylic acids is 1. The summed E-state index contributed by atoms with van der Waals surface area (Å²) in [5.41, 5.74) is 0.173. The maximum atomic E-state index is 12.5. The predicted molar refractivity (Wildman–Crippen MR) is 72.7 cm³/mol. The number of aliphatic hydroxyl groups excluding tert-OH is 1. The number of aliphatic hydroxyl groups is 1. The monoisotopic (exact) mass is 263 g/mol. The van der Waals surface area contributed by atoms with Gasteiger partial charge in [0.05, 0.1) is 6.10 Å². The van der Waals surface area contributed by atoms with E-state index in [1.165, 1.54) is 38.8 Å². The third-order valence-corrected chi connectivity index (χ3v) is 6.69. The summed E-state index contributed by atoms with van der Waals surface area (Å²) in [7, 11) is 0. The van der Waals surface area contributed by atoms with Gasteiger partial charge in [-0.1, -0.05) is 6.92 Å². The Morgan fingerprint density at radius 2 is 1.89 bits per heavy atom. The number of hydrogen-bond acceptors (Lipinski definition) is 3. The van der Waals surface area contributed by atoms with Crippen molar-refractivity contribution < 1.29 is 9.90 Å². The number of hydrogen-bond donors (Lipinski definition) is 1. The molecule has 1 N–H and O–H groups in total. The second kappa shape index (κ2) is 4.05. The first kappa shape index (κ1) is 12.3. The van der Waals surface area contributed by atoms with E-state index < -0.39 is 0 Å². The maximum Gasteiger partial charge on any atom is 0.139 e. The molecule has 106 valence electrons. The van der Waals surface area contributed by atoms with Crippen molar-refractivity contribution in [3.63, 3.8) is 0 Å². The summed E-state index contributed by atoms with van der Waals surface area (Å²) in [6.45, 7) is 4.50. The molecule has 2 heterocycles. The largest absolute Gasteiger partial charge is 0.393 e. The van der Waals surface area contributed by atoms with Crippen LogP contribution in [0.15, 0.2) is 0 Å². The van der Waals surface area contributed by atoms with Gasteiger partial charge in [-0.05, 0) is 57.5 Å². The Kier molecular flexibility index (Phi) is 2.63. The van der Waals surface area contributed by atoms with Crippen molar-refractivity contribution in [1.29, 1.82) is 0 Å². The van der Waals surface area contributed by atoms with Crippen LogP contribution in [0.3, 0.4) is 0 Å². The van der Waals surface area contributed by atoms with Crippen molar-refractivity contribution >= 4 is 5.78 Å². The van der Waals surface area contributed by atoms with E-state index in [1.807, 2.05) is 0 Å². The van der Waals surface area contributed by atoms with Crippen molar-refractivity contribution in [2.75, 3.05) is 13.1 Å². The standard InChI is InChI=1S/C16H25NO2/c1-10-9-16-12-4-2-6-17(16)7-3-5-13(16)14(18)8-11(12)15(10)19/h10-14,18H,2-9H2,1H3/t10-,11+,12-,13-,14-,16-/m1/s1. The van der Waals surface area contributed by atoms with Gasteiger partial charge in [0.15, 0.2) is 0 Å². The van der Waals surface area contributed by atoms with E-state index in [0.717, 1.165) is 12.8 Å². The molecule has 3 nitrogen and oxygen atoms in total. The zero-order valence-corrected chi connectivity index (χ0v) is 11.8. The minimum Gasteiger partial charge on any atom is -0.393 e. The highest BCUT2D eigenvalue weighted by Crippen LogP contribution is 2.59. The van der Waals surface area contributed by atoms with Gasteiger partial charge in [-0.25, -0.2) is 0 Å². The first-order chi connectivity index (χ1) is 9.14. The summed E-state index contributed by atoms with van der Waals surface area (Å²) in [4.78, 5) is 15.2. The van der Waals surface area contributed by atoms with E-state index >= 15 is 0 Å². The molecule has 2 saturated heterocycles. The van der Waals surface area contributed by atoms with E-state index in [2.05, 4.69) is 11.8 Å². The second-order valence-electron chi connectivity index (χ2n) is 7.39. The van der Waals surface area contributed by atoms with Gasteiger partial charge in [-0.3, -0.25) is 9.69 Å². The fourth-order valence-electron chi connectivity index (χ4n) is 6.14. The van der Waals surface area contributed by atoms with Gasteiger partial charge < -0.3 is 5.11 Å². The molecule has 2 bridgehead atoms. The van der Waals surface area contributed by atoms with Crippen LogP contribution in [0.25, 0.3) is 0 Å². The van der Waals surface area contributed by atoms with Crippen LogP contribution in [0, 0.1) is 23.7 Å². The van der Waals surface area contributed by atoms with Crippen LogP contribution >= 0.6 is 0 Å². The Balaban J connectivity index is 1.83. The number of ketones is 1. The van der Waals surface area contributed by atoms with Crippen molar-refractivity contribution in [3.05, 3.63) is 0 Å². The summed E-state index contributed by atoms with van der Waals surface area (Å²) < 4.78 is 0. The molecule has 3 heteroatoms. The van der Waals surface area contributed by atoms with Crippen LogP contribution in [0.1, 0.15) is 45.4 Å². The number of nitrogens with zero attached hydrogens (tertiary/aromatic N) is 1. The second-order valence-corrected chi connectivity index (χ2v) is 7.39. The molecule has 4 aliphatic rings. The summed E-state index contributed by atoms with van der Waals surface area (Å²) in [5.74, 6) is 1.77. The fourth-order valence-corrected chi connectivity index (χ4v) is 6.14. The average Bonchev–Trinajstić information content (AvgIpc) is 2.40. The Labute approximate surface area is 115 Å². The normalized spacial score (nSPS) is 53.8. The number of piperidine rings is 2. The van der Waals surface area contributed by atoms with Gasteiger partial charge >= 0.3 is 0 Å². The summed E-state index contributed by atoms with van der Waals surface area (Å²) in [6, 6.07) is 0. The highest BCUT2D eigenvalue weighted by molar-refractivity contribution is 5.85. The summed E-state index contributed by atoms with van der Waals surface area (Å²) >= 11 is 0. The lowest BCUT2D eigenvalue weighted by molar-refractivity contribution is -0.196. The Morgan fingerprint density at radius 1 is 1.21 bits per heavy atom. The van der Waals surface area contributed by atoms with Crippen LogP contribution in [0.5, 0.6) is 0 Å². The third-order valence-electron chi connectivity index (χ3n) is 6.69. The molecule has 2 saturated carbocycles. The topological polar surface area (TPSA) is 40.5 Å². The summed E-state index contributed by atoms with van der Waals surface area (Å²) in [5, 5.41) is 10.6. The smallest absolute Gasteiger partial charge is 0.139 e. The molecule has 4 fully saturated rings. The van der Waals surface area contributed by atoms with Gasteiger partial charge in [0.1, 0.15) is 5.78 Å². The van der Waals surface area contributed by atoms with Gasteiger partial charge in [0.2, 0.25) is 0 Å². The van der Waals surface area contributed by atoms with E-state index in [9.17, 15) is 9.90 Å². The van der Waals surface area contributed by atoms with Crippen molar-refractivity contribution in [2.45, 2.75) is 57.1 Å². The van der Waals surface area contributed by atoms with Crippen molar-refractivity contribution in [3.8, 4) is 0 Å². The average molecular weight is 263 g/mol. The molecule has 0 aromatic carbocycles. The first-order valence-electron chi connectivity index (χ1n) is 8.11. The minimum atomic E-state index is -0.237. The lowest BCUT2D eigenvalue weighted by atomic mass is 9.48. The predicted octanol–water partition coefficient (Wildman–Crippen LogP) is 1.84. The van der Waals surface area contributed by atoms with Crippen molar-refractivity contribution in [2.24, 2.45) is 23.7 Å². The quantitative estimate of drug-likeness (QED) is 0.725. The molecule has 1 spiro atoms. The van der Waals surface area contributed by atoms with Crippen LogP contribution in [-0.2, 0) is 4.79 Å². The summed E-state index contributed by atoms with van der Waals surface area (Å²) in [6.07, 6.45) is 6.36. The van der Waals surface area contributed by atoms with Crippen LogP contribution in [-0.4, -0.2) is 40.5 Å². The minimum absolute atomic E-state index is 0.149. The molecule has 0 radical (unpaired) electrons. The van der Waals surface area contributed by atoms with Crippen LogP contribution < -0.4 is 0 Å². The molecule has 0 amide bonds. The van der Waals surface area contributed by atoms with Crippen LogP contribution in [0.2, 0.25) is 0 Å². The zero-order valence-electron chi connectivity index (χ0n) is 11.8. The lowest BCUT2D eigenvalue weighted by Crippen LogP contribution is -2.73. The zero-order chi connectivity index (χ0) is 13.2. The molecule has 0 unspecified atom stereocenters. The number of Topliss-reactive ketones (excluding diaryl/α,β-unsaturated/α-hetero) is 1. The van der Waals surface area contributed by atoms with E-state index in [-0.39, 0.29) is 23.5 Å². The van der Waals surface area contributed by atoms with E-state index in [0.29, 0.717) is 17.6 Å². The maximum absolute atomic E-state index is 12.5. The molecule has 2 aliphatic carbocycles. The molecular weight excluding hydrogens is 238 g/mol.